The maximum absolute atomic E-state index is 8.94. The minimum absolute atomic E-state index is 0.390. The fraction of sp³-hybridized carbons (Fsp3) is 0.231. The van der Waals surface area contributed by atoms with E-state index >= 15 is 0 Å². The lowest BCUT2D eigenvalue weighted by Crippen LogP contribution is -1.94. The Kier molecular flexibility index (Phi) is 3.68. The molecule has 0 aliphatic carbocycles. The zero-order valence-electron chi connectivity index (χ0n) is 10.1. The van der Waals surface area contributed by atoms with Gasteiger partial charge in [-0.1, -0.05) is 0 Å². The highest BCUT2D eigenvalue weighted by atomic mass is 79.9. The molecule has 0 aliphatic heterocycles. The lowest BCUT2D eigenvalue weighted by Gasteiger charge is -2.05. The van der Waals surface area contributed by atoms with Crippen LogP contribution in [0.15, 0.2) is 28.9 Å². The van der Waals surface area contributed by atoms with E-state index in [0.29, 0.717) is 16.9 Å². The maximum atomic E-state index is 8.94. The second-order valence-electron chi connectivity index (χ2n) is 3.70. The number of imidazole rings is 1. The van der Waals surface area contributed by atoms with E-state index in [0.717, 1.165) is 17.1 Å². The van der Waals surface area contributed by atoms with E-state index in [-0.39, 0.29) is 0 Å². The van der Waals surface area contributed by atoms with Crippen molar-refractivity contribution in [2.24, 2.45) is 7.05 Å². The van der Waals surface area contributed by atoms with E-state index in [1.165, 1.54) is 0 Å². The Morgan fingerprint density at radius 3 is 2.56 bits per heavy atom. The summed E-state index contributed by atoms with van der Waals surface area (Å²) in [4.78, 5) is 4.29. The number of benzene rings is 1. The van der Waals surface area contributed by atoms with Gasteiger partial charge < -0.3 is 9.30 Å². The molecular formula is C13H12BrN3O. The Morgan fingerprint density at radius 2 is 2.06 bits per heavy atom. The van der Waals surface area contributed by atoms with E-state index in [4.69, 9.17) is 10.00 Å². The standard InChI is InChI=1S/C13H12BrN3O/c1-3-18-10-6-4-9(5-7-10)13-16-11(8-15)12(14)17(13)2/h4-7H,3H2,1-2H3. The molecule has 0 unspecified atom stereocenters. The molecule has 0 N–H and O–H groups in total. The lowest BCUT2D eigenvalue weighted by atomic mass is 10.2. The quantitative estimate of drug-likeness (QED) is 0.875. The monoisotopic (exact) mass is 305 g/mol. The van der Waals surface area contributed by atoms with Crippen LogP contribution in [-0.2, 0) is 7.05 Å². The van der Waals surface area contributed by atoms with Crippen LogP contribution in [0.1, 0.15) is 12.6 Å². The summed E-state index contributed by atoms with van der Waals surface area (Å²) in [5.74, 6) is 1.58. The molecule has 0 spiro atoms. The molecule has 18 heavy (non-hydrogen) atoms. The van der Waals surface area contributed by atoms with Crippen LogP contribution in [0.2, 0.25) is 0 Å². The molecule has 0 atom stereocenters. The fourth-order valence-corrected chi connectivity index (χ4v) is 2.02. The Morgan fingerprint density at radius 1 is 1.39 bits per heavy atom. The Labute approximate surface area is 114 Å². The number of nitriles is 1. The number of ether oxygens (including phenoxy) is 1. The molecule has 0 bridgehead atoms. The molecule has 0 amide bonds. The summed E-state index contributed by atoms with van der Waals surface area (Å²) < 4.78 is 7.92. The first-order valence-electron chi connectivity index (χ1n) is 5.53. The van der Waals surface area contributed by atoms with Crippen LogP contribution in [0.5, 0.6) is 5.75 Å². The van der Waals surface area contributed by atoms with Gasteiger partial charge in [0.15, 0.2) is 5.69 Å². The van der Waals surface area contributed by atoms with Gasteiger partial charge in [0.25, 0.3) is 0 Å². The van der Waals surface area contributed by atoms with Gasteiger partial charge >= 0.3 is 0 Å². The molecule has 5 heteroatoms. The first-order valence-corrected chi connectivity index (χ1v) is 6.32. The molecule has 2 rings (SSSR count). The van der Waals surface area contributed by atoms with Gasteiger partial charge in [0.1, 0.15) is 22.2 Å². The molecule has 4 nitrogen and oxygen atoms in total. The topological polar surface area (TPSA) is 50.8 Å². The summed E-state index contributed by atoms with van der Waals surface area (Å²) in [6, 6.07) is 9.71. The summed E-state index contributed by atoms with van der Waals surface area (Å²) in [5, 5.41) is 8.94. The Bertz CT molecular complexity index is 596. The van der Waals surface area contributed by atoms with Crippen LogP contribution in [0.3, 0.4) is 0 Å². The van der Waals surface area contributed by atoms with Gasteiger partial charge in [0, 0.05) is 12.6 Å². The average molecular weight is 306 g/mol. The van der Waals surface area contributed by atoms with Crippen molar-refractivity contribution in [3.63, 3.8) is 0 Å². The first kappa shape index (κ1) is 12.7. The largest absolute Gasteiger partial charge is 0.494 e. The molecule has 0 aliphatic rings. The van der Waals surface area contributed by atoms with Gasteiger partial charge in [0.05, 0.1) is 6.61 Å². The van der Waals surface area contributed by atoms with Gasteiger partial charge in [-0.3, -0.25) is 0 Å². The predicted molar refractivity (Wildman–Crippen MR) is 72.2 cm³/mol. The Balaban J connectivity index is 2.40. The highest BCUT2D eigenvalue weighted by Crippen LogP contribution is 2.26. The predicted octanol–water partition coefficient (Wildman–Crippen LogP) is 3.12. The zero-order valence-corrected chi connectivity index (χ0v) is 11.7. The van der Waals surface area contributed by atoms with Crippen molar-refractivity contribution in [1.82, 2.24) is 9.55 Å². The van der Waals surface area contributed by atoms with E-state index in [1.54, 1.807) is 0 Å². The third kappa shape index (κ3) is 2.24. The van der Waals surface area contributed by atoms with Crippen LogP contribution >= 0.6 is 15.9 Å². The Hall–Kier alpha value is -1.80. The van der Waals surface area contributed by atoms with Crippen LogP contribution < -0.4 is 4.74 Å². The van der Waals surface area contributed by atoms with Crippen LogP contribution in [0, 0.1) is 11.3 Å². The van der Waals surface area contributed by atoms with Crippen molar-refractivity contribution in [2.75, 3.05) is 6.61 Å². The number of aromatic nitrogens is 2. The summed E-state index contributed by atoms with van der Waals surface area (Å²) in [6.07, 6.45) is 0. The lowest BCUT2D eigenvalue weighted by molar-refractivity contribution is 0.340. The SMILES string of the molecule is CCOc1ccc(-c2nc(C#N)c(Br)n2C)cc1. The molecule has 0 fully saturated rings. The number of nitrogens with zero attached hydrogens (tertiary/aromatic N) is 3. The second-order valence-corrected chi connectivity index (χ2v) is 4.45. The van der Waals surface area contributed by atoms with Gasteiger partial charge in [-0.25, -0.2) is 4.98 Å². The number of halogens is 1. The molecular weight excluding hydrogens is 294 g/mol. The zero-order chi connectivity index (χ0) is 13.1. The van der Waals surface area contributed by atoms with Crippen molar-refractivity contribution in [1.29, 1.82) is 5.26 Å². The normalized spacial score (nSPS) is 10.1. The molecule has 0 saturated carbocycles. The second kappa shape index (κ2) is 5.23. The molecule has 1 heterocycles. The maximum Gasteiger partial charge on any atom is 0.173 e. The summed E-state index contributed by atoms with van der Waals surface area (Å²) in [7, 11) is 1.86. The van der Waals surface area contributed by atoms with Crippen molar-refractivity contribution in [3.05, 3.63) is 34.6 Å². The first-order chi connectivity index (χ1) is 8.67. The highest BCUT2D eigenvalue weighted by Gasteiger charge is 2.13. The van der Waals surface area contributed by atoms with E-state index in [2.05, 4.69) is 27.0 Å². The third-order valence-electron chi connectivity index (χ3n) is 2.55. The van der Waals surface area contributed by atoms with E-state index < -0.39 is 0 Å². The third-order valence-corrected chi connectivity index (χ3v) is 3.46. The fourth-order valence-electron chi connectivity index (χ4n) is 1.68. The van der Waals surface area contributed by atoms with Crippen molar-refractivity contribution in [3.8, 4) is 23.2 Å². The number of hydrogen-bond donors (Lipinski definition) is 0. The van der Waals surface area contributed by atoms with Crippen LogP contribution in [0.4, 0.5) is 0 Å². The molecule has 0 radical (unpaired) electrons. The number of rotatable bonds is 3. The van der Waals surface area contributed by atoms with E-state index in [1.807, 2.05) is 42.8 Å². The van der Waals surface area contributed by atoms with Gasteiger partial charge in [-0.2, -0.15) is 5.26 Å². The molecule has 92 valence electrons. The number of hydrogen-bond acceptors (Lipinski definition) is 3. The van der Waals surface area contributed by atoms with Gasteiger partial charge in [0.2, 0.25) is 0 Å². The molecule has 1 aromatic carbocycles. The van der Waals surface area contributed by atoms with Gasteiger partial charge in [-0.05, 0) is 47.1 Å². The van der Waals surface area contributed by atoms with Crippen LogP contribution in [0.25, 0.3) is 11.4 Å². The van der Waals surface area contributed by atoms with Crippen LogP contribution in [-0.4, -0.2) is 16.2 Å². The molecule has 0 saturated heterocycles. The highest BCUT2D eigenvalue weighted by molar-refractivity contribution is 9.10. The summed E-state index contributed by atoms with van der Waals surface area (Å²) in [5.41, 5.74) is 1.34. The van der Waals surface area contributed by atoms with Crippen molar-refractivity contribution < 1.29 is 4.74 Å². The summed E-state index contributed by atoms with van der Waals surface area (Å²) in [6.45, 7) is 2.59. The molecule has 1 aromatic heterocycles. The van der Waals surface area contributed by atoms with Gasteiger partial charge in [-0.15, -0.1) is 0 Å². The van der Waals surface area contributed by atoms with E-state index in [9.17, 15) is 0 Å². The minimum Gasteiger partial charge on any atom is -0.494 e. The molecule has 2 aromatic rings. The summed E-state index contributed by atoms with van der Waals surface area (Å²) >= 11 is 3.35. The average Bonchev–Trinajstić information content (AvgIpc) is 2.68. The smallest absolute Gasteiger partial charge is 0.173 e. The van der Waals surface area contributed by atoms with Crippen molar-refractivity contribution >= 4 is 15.9 Å². The van der Waals surface area contributed by atoms with Crippen molar-refractivity contribution in [2.45, 2.75) is 6.92 Å². The minimum atomic E-state index is 0.390.